The highest BCUT2D eigenvalue weighted by atomic mass is 16.5. The van der Waals surface area contributed by atoms with E-state index in [1.807, 2.05) is 12.1 Å². The molecule has 1 fully saturated rings. The molecule has 0 spiro atoms. The minimum Gasteiger partial charge on any atom is -0.480 e. The summed E-state index contributed by atoms with van der Waals surface area (Å²) in [4.78, 5) is 14.2. The highest BCUT2D eigenvalue weighted by molar-refractivity contribution is 5.76. The topological polar surface area (TPSA) is 74.4 Å². The number of rotatable bonds is 4. The fourth-order valence-corrected chi connectivity index (χ4v) is 2.08. The summed E-state index contributed by atoms with van der Waals surface area (Å²) in [6, 6.07) is 3.14. The molecule has 0 bridgehead atoms. The zero-order valence-electron chi connectivity index (χ0n) is 8.49. The van der Waals surface area contributed by atoms with E-state index >= 15 is 0 Å². The maximum absolute atomic E-state index is 11.1. The highest BCUT2D eigenvalue weighted by Gasteiger charge is 2.50. The van der Waals surface area contributed by atoms with E-state index in [0.717, 1.165) is 5.69 Å². The van der Waals surface area contributed by atoms with Crippen LogP contribution >= 0.6 is 0 Å². The summed E-state index contributed by atoms with van der Waals surface area (Å²) < 4.78 is 5.17. The van der Waals surface area contributed by atoms with Gasteiger partial charge in [-0.15, -0.1) is 0 Å². The second kappa shape index (κ2) is 3.67. The van der Waals surface area contributed by atoms with Crippen LogP contribution in [0.1, 0.15) is 5.69 Å². The van der Waals surface area contributed by atoms with E-state index < -0.39 is 17.4 Å². The first kappa shape index (κ1) is 10.2. The third-order valence-corrected chi connectivity index (χ3v) is 2.94. The molecule has 3 N–H and O–H groups in total. The summed E-state index contributed by atoms with van der Waals surface area (Å²) in [5.41, 5.74) is 0.458. The predicted molar refractivity (Wildman–Crippen MR) is 53.8 cm³/mol. The van der Waals surface area contributed by atoms with Gasteiger partial charge < -0.3 is 20.1 Å². The second-order valence-electron chi connectivity index (χ2n) is 3.79. The van der Waals surface area contributed by atoms with Crippen molar-refractivity contribution in [2.75, 3.05) is 20.3 Å². The van der Waals surface area contributed by atoms with Crippen LogP contribution < -0.4 is 5.32 Å². The van der Waals surface area contributed by atoms with Crippen molar-refractivity contribution in [3.63, 3.8) is 0 Å². The Morgan fingerprint density at radius 3 is 2.80 bits per heavy atom. The summed E-state index contributed by atoms with van der Waals surface area (Å²) in [6.07, 6.45) is 1.80. The average Bonchev–Trinajstić information content (AvgIpc) is 2.62. The number of carboxylic acids is 1. The molecule has 1 aliphatic rings. The molecule has 1 saturated heterocycles. The summed E-state index contributed by atoms with van der Waals surface area (Å²) in [7, 11) is 1.65. The Labute approximate surface area is 87.4 Å². The first-order valence-corrected chi connectivity index (χ1v) is 4.82. The zero-order valence-corrected chi connectivity index (χ0v) is 8.49. The summed E-state index contributed by atoms with van der Waals surface area (Å²) >= 11 is 0. The molecule has 0 amide bonds. The summed E-state index contributed by atoms with van der Waals surface area (Å²) in [5, 5.41) is 12.0. The van der Waals surface area contributed by atoms with Crippen LogP contribution in [0, 0.1) is 0 Å². The molecule has 0 aliphatic carbocycles. The lowest BCUT2D eigenvalue weighted by atomic mass is 9.75. The summed E-state index contributed by atoms with van der Waals surface area (Å²) in [6.45, 7) is 0.872. The lowest BCUT2D eigenvalue weighted by molar-refractivity contribution is -0.151. The summed E-state index contributed by atoms with van der Waals surface area (Å²) in [5.74, 6) is -0.851. The molecule has 0 radical (unpaired) electrons. The molecular formula is C10H14N2O3. The number of carboxylic acid groups (broad SMARTS) is 1. The van der Waals surface area contributed by atoms with Crippen LogP contribution in [0.2, 0.25) is 0 Å². The van der Waals surface area contributed by atoms with Crippen molar-refractivity contribution in [1.29, 1.82) is 0 Å². The minimum atomic E-state index is -0.851. The van der Waals surface area contributed by atoms with Crippen molar-refractivity contribution in [2.45, 2.75) is 11.5 Å². The number of aliphatic carboxylic acids is 1. The van der Waals surface area contributed by atoms with Crippen molar-refractivity contribution in [3.8, 4) is 0 Å². The van der Waals surface area contributed by atoms with E-state index in [2.05, 4.69) is 10.3 Å². The van der Waals surface area contributed by atoms with Crippen molar-refractivity contribution < 1.29 is 14.6 Å². The van der Waals surface area contributed by atoms with E-state index in [-0.39, 0.29) is 0 Å². The van der Waals surface area contributed by atoms with Gasteiger partial charge in [-0.05, 0) is 19.2 Å². The Balaban J connectivity index is 2.32. The van der Waals surface area contributed by atoms with Gasteiger partial charge in [0.2, 0.25) is 0 Å². The number of aromatic nitrogens is 1. The van der Waals surface area contributed by atoms with Crippen LogP contribution in [0.3, 0.4) is 0 Å². The number of hydrogen-bond acceptors (Lipinski definition) is 3. The monoisotopic (exact) mass is 210 g/mol. The van der Waals surface area contributed by atoms with E-state index in [1.54, 1.807) is 13.2 Å². The Hall–Kier alpha value is -1.33. The van der Waals surface area contributed by atoms with Gasteiger partial charge in [-0.1, -0.05) is 0 Å². The van der Waals surface area contributed by atoms with E-state index in [9.17, 15) is 4.79 Å². The average molecular weight is 210 g/mol. The van der Waals surface area contributed by atoms with Crippen LogP contribution in [0.15, 0.2) is 18.3 Å². The Morgan fingerprint density at radius 1 is 1.73 bits per heavy atom. The zero-order chi connectivity index (χ0) is 10.9. The largest absolute Gasteiger partial charge is 0.480 e. The Bertz CT molecular complexity index is 344. The molecule has 5 nitrogen and oxygen atoms in total. The van der Waals surface area contributed by atoms with Crippen molar-refractivity contribution in [1.82, 2.24) is 10.3 Å². The van der Waals surface area contributed by atoms with Gasteiger partial charge in [0.25, 0.3) is 0 Å². The number of likely N-dealkylation sites (N-methyl/N-ethyl adjacent to an activating group) is 1. The van der Waals surface area contributed by atoms with Gasteiger partial charge in [0.05, 0.1) is 18.6 Å². The van der Waals surface area contributed by atoms with Crippen LogP contribution in [0.5, 0.6) is 0 Å². The minimum absolute atomic E-state index is 0.436. The molecule has 5 heteroatoms. The molecule has 1 unspecified atom stereocenters. The van der Waals surface area contributed by atoms with Gasteiger partial charge in [0.1, 0.15) is 6.04 Å². The van der Waals surface area contributed by atoms with Crippen LogP contribution in [0.25, 0.3) is 0 Å². The smallest absolute Gasteiger partial charge is 0.321 e. The van der Waals surface area contributed by atoms with Crippen molar-refractivity contribution in [2.24, 2.45) is 0 Å². The molecule has 1 aromatic heterocycles. The third kappa shape index (κ3) is 1.44. The third-order valence-electron chi connectivity index (χ3n) is 2.94. The Morgan fingerprint density at radius 2 is 2.47 bits per heavy atom. The number of aromatic amines is 1. The molecular weight excluding hydrogens is 196 g/mol. The van der Waals surface area contributed by atoms with Crippen LogP contribution in [-0.4, -0.2) is 42.4 Å². The van der Waals surface area contributed by atoms with Crippen molar-refractivity contribution in [3.05, 3.63) is 24.0 Å². The maximum atomic E-state index is 11.1. The van der Waals surface area contributed by atoms with Crippen LogP contribution in [-0.2, 0) is 14.9 Å². The quantitative estimate of drug-likeness (QED) is 0.651. The number of carbonyl (C=O) groups is 1. The van der Waals surface area contributed by atoms with Gasteiger partial charge in [0.15, 0.2) is 0 Å². The number of H-pyrrole nitrogens is 1. The molecule has 0 aromatic carbocycles. The number of ether oxygens (including phenoxy) is 1. The van der Waals surface area contributed by atoms with Crippen molar-refractivity contribution >= 4 is 5.97 Å². The normalized spacial score (nSPS) is 20.6. The van der Waals surface area contributed by atoms with E-state index in [0.29, 0.717) is 13.2 Å². The van der Waals surface area contributed by atoms with Gasteiger partial charge in [-0.2, -0.15) is 0 Å². The molecule has 1 aliphatic heterocycles. The standard InChI is InChI=1S/C10H14N2O3/c1-11-8(9(13)14)10(5-15-6-10)7-3-2-4-12-7/h2-4,8,11-12H,5-6H2,1H3,(H,13,14). The number of hydrogen-bond donors (Lipinski definition) is 3. The first-order chi connectivity index (χ1) is 7.20. The predicted octanol–water partition coefficient (Wildman–Crippen LogP) is -0.0447. The van der Waals surface area contributed by atoms with Gasteiger partial charge >= 0.3 is 5.97 Å². The fourth-order valence-electron chi connectivity index (χ4n) is 2.08. The van der Waals surface area contributed by atoms with Crippen LogP contribution in [0.4, 0.5) is 0 Å². The second-order valence-corrected chi connectivity index (χ2v) is 3.79. The van der Waals surface area contributed by atoms with E-state index in [1.165, 1.54) is 0 Å². The highest BCUT2D eigenvalue weighted by Crippen LogP contribution is 2.34. The number of nitrogens with one attached hydrogen (secondary N) is 2. The molecule has 82 valence electrons. The molecule has 1 aromatic rings. The lowest BCUT2D eigenvalue weighted by Gasteiger charge is -2.44. The lowest BCUT2D eigenvalue weighted by Crippen LogP contribution is -2.62. The Kier molecular flexibility index (Phi) is 2.50. The molecule has 0 saturated carbocycles. The van der Waals surface area contributed by atoms with Gasteiger partial charge in [0, 0.05) is 11.9 Å². The van der Waals surface area contributed by atoms with Gasteiger partial charge in [-0.3, -0.25) is 4.79 Å². The maximum Gasteiger partial charge on any atom is 0.321 e. The molecule has 1 atom stereocenters. The first-order valence-electron chi connectivity index (χ1n) is 4.82. The van der Waals surface area contributed by atoms with E-state index in [4.69, 9.17) is 9.84 Å². The van der Waals surface area contributed by atoms with Gasteiger partial charge in [-0.25, -0.2) is 0 Å². The molecule has 2 rings (SSSR count). The SMILES string of the molecule is CNC(C(=O)O)C1(c2ccc[nH]2)COC1. The molecule has 15 heavy (non-hydrogen) atoms. The fraction of sp³-hybridized carbons (Fsp3) is 0.500. The molecule has 2 heterocycles.